The summed E-state index contributed by atoms with van der Waals surface area (Å²) < 4.78 is 11.0. The number of halogens is 1. The van der Waals surface area contributed by atoms with Crippen LogP contribution in [0.4, 0.5) is 0 Å². The standard InChI is InChI=1S/C16H18ClNO3/c1-11(15-8-5-9-20-15)18(3)16(19)12(2)21-14-7-4-6-13(17)10-14/h4-12H,1-3H3. The molecule has 0 aliphatic heterocycles. The van der Waals surface area contributed by atoms with Crippen molar-refractivity contribution in [2.75, 3.05) is 7.05 Å². The Balaban J connectivity index is 2.01. The van der Waals surface area contributed by atoms with Crippen LogP contribution >= 0.6 is 11.6 Å². The van der Waals surface area contributed by atoms with Crippen LogP contribution in [0.15, 0.2) is 47.1 Å². The zero-order valence-corrected chi connectivity index (χ0v) is 13.0. The van der Waals surface area contributed by atoms with Gasteiger partial charge in [-0.05, 0) is 44.2 Å². The summed E-state index contributed by atoms with van der Waals surface area (Å²) in [5.41, 5.74) is 0. The van der Waals surface area contributed by atoms with Crippen molar-refractivity contribution in [2.24, 2.45) is 0 Å². The van der Waals surface area contributed by atoms with Crippen molar-refractivity contribution >= 4 is 17.5 Å². The molecule has 5 heteroatoms. The van der Waals surface area contributed by atoms with Gasteiger partial charge in [-0.1, -0.05) is 17.7 Å². The van der Waals surface area contributed by atoms with Crippen molar-refractivity contribution in [3.8, 4) is 5.75 Å². The lowest BCUT2D eigenvalue weighted by molar-refractivity contribution is -0.138. The Bertz CT molecular complexity index is 597. The van der Waals surface area contributed by atoms with E-state index < -0.39 is 6.10 Å². The Morgan fingerprint density at radius 2 is 2.05 bits per heavy atom. The van der Waals surface area contributed by atoms with Gasteiger partial charge in [0.15, 0.2) is 6.10 Å². The zero-order valence-electron chi connectivity index (χ0n) is 12.2. The fourth-order valence-corrected chi connectivity index (χ4v) is 2.17. The number of ether oxygens (including phenoxy) is 1. The number of carbonyl (C=O) groups is 1. The zero-order chi connectivity index (χ0) is 15.4. The third-order valence-electron chi connectivity index (χ3n) is 3.34. The van der Waals surface area contributed by atoms with Crippen molar-refractivity contribution < 1.29 is 13.9 Å². The van der Waals surface area contributed by atoms with Gasteiger partial charge in [0.05, 0.1) is 12.3 Å². The third kappa shape index (κ3) is 3.79. The number of benzene rings is 1. The smallest absolute Gasteiger partial charge is 0.263 e. The Hall–Kier alpha value is -1.94. The molecule has 2 unspecified atom stereocenters. The molecule has 0 bridgehead atoms. The SMILES string of the molecule is CC(Oc1cccc(Cl)c1)C(=O)N(C)C(C)c1ccco1. The topological polar surface area (TPSA) is 42.7 Å². The molecule has 1 heterocycles. The molecular formula is C16H18ClNO3. The lowest BCUT2D eigenvalue weighted by Crippen LogP contribution is -2.39. The number of amides is 1. The maximum Gasteiger partial charge on any atom is 0.263 e. The Kier molecular flexibility index (Phi) is 4.91. The van der Waals surface area contributed by atoms with Crippen molar-refractivity contribution in [3.05, 3.63) is 53.4 Å². The molecule has 4 nitrogen and oxygen atoms in total. The maximum absolute atomic E-state index is 12.4. The van der Waals surface area contributed by atoms with E-state index in [4.69, 9.17) is 20.8 Å². The average molecular weight is 308 g/mol. The molecule has 1 aromatic heterocycles. The fraction of sp³-hybridized carbons (Fsp3) is 0.312. The van der Waals surface area contributed by atoms with E-state index in [0.29, 0.717) is 10.8 Å². The first-order valence-corrected chi connectivity index (χ1v) is 7.09. The van der Waals surface area contributed by atoms with Crippen LogP contribution in [0.3, 0.4) is 0 Å². The molecule has 0 radical (unpaired) electrons. The minimum absolute atomic E-state index is 0.126. The highest BCUT2D eigenvalue weighted by Gasteiger charge is 2.25. The Morgan fingerprint density at radius 1 is 1.29 bits per heavy atom. The number of nitrogens with zero attached hydrogens (tertiary/aromatic N) is 1. The van der Waals surface area contributed by atoms with Crippen molar-refractivity contribution in [1.29, 1.82) is 0 Å². The predicted octanol–water partition coefficient (Wildman–Crippen LogP) is 3.92. The van der Waals surface area contributed by atoms with Crippen LogP contribution in [0, 0.1) is 0 Å². The van der Waals surface area contributed by atoms with E-state index in [-0.39, 0.29) is 11.9 Å². The van der Waals surface area contributed by atoms with Gasteiger partial charge in [-0.3, -0.25) is 4.79 Å². The van der Waals surface area contributed by atoms with E-state index in [1.54, 1.807) is 55.5 Å². The summed E-state index contributed by atoms with van der Waals surface area (Å²) in [6.45, 7) is 3.62. The van der Waals surface area contributed by atoms with Gasteiger partial charge in [-0.2, -0.15) is 0 Å². The number of hydrogen-bond donors (Lipinski definition) is 0. The van der Waals surface area contributed by atoms with Crippen molar-refractivity contribution in [3.63, 3.8) is 0 Å². The molecule has 0 aliphatic carbocycles. The highest BCUT2D eigenvalue weighted by Crippen LogP contribution is 2.22. The van der Waals surface area contributed by atoms with Crippen molar-refractivity contribution in [2.45, 2.75) is 26.0 Å². The number of carbonyl (C=O) groups excluding carboxylic acids is 1. The quantitative estimate of drug-likeness (QED) is 0.841. The molecule has 0 fully saturated rings. The molecule has 2 atom stereocenters. The first kappa shape index (κ1) is 15.4. The second kappa shape index (κ2) is 6.68. The summed E-state index contributed by atoms with van der Waals surface area (Å²) in [5, 5.41) is 0.574. The monoisotopic (exact) mass is 307 g/mol. The number of hydrogen-bond acceptors (Lipinski definition) is 3. The average Bonchev–Trinajstić information content (AvgIpc) is 2.99. The van der Waals surface area contributed by atoms with Gasteiger partial charge >= 0.3 is 0 Å². The second-order valence-corrected chi connectivity index (χ2v) is 5.29. The molecule has 0 spiro atoms. The minimum atomic E-state index is -0.606. The molecule has 0 saturated heterocycles. The Morgan fingerprint density at radius 3 is 2.67 bits per heavy atom. The molecular weight excluding hydrogens is 290 g/mol. The van der Waals surface area contributed by atoms with Crippen LogP contribution in [0.2, 0.25) is 5.02 Å². The van der Waals surface area contributed by atoms with Gasteiger partial charge in [-0.25, -0.2) is 0 Å². The van der Waals surface area contributed by atoms with Crippen LogP contribution in [0.25, 0.3) is 0 Å². The van der Waals surface area contributed by atoms with Crippen LogP contribution < -0.4 is 4.74 Å². The van der Waals surface area contributed by atoms with E-state index in [9.17, 15) is 4.79 Å². The minimum Gasteiger partial charge on any atom is -0.481 e. The van der Waals surface area contributed by atoms with Crippen LogP contribution in [0.5, 0.6) is 5.75 Å². The highest BCUT2D eigenvalue weighted by molar-refractivity contribution is 6.30. The number of furan rings is 1. The summed E-state index contributed by atoms with van der Waals surface area (Å²) >= 11 is 5.90. The molecule has 0 aliphatic rings. The fourth-order valence-electron chi connectivity index (χ4n) is 1.99. The lowest BCUT2D eigenvalue weighted by Gasteiger charge is -2.26. The third-order valence-corrected chi connectivity index (χ3v) is 3.58. The van der Waals surface area contributed by atoms with Gasteiger partial charge in [0, 0.05) is 12.1 Å². The highest BCUT2D eigenvalue weighted by atomic mass is 35.5. The summed E-state index contributed by atoms with van der Waals surface area (Å²) in [4.78, 5) is 14.0. The number of rotatable bonds is 5. The van der Waals surface area contributed by atoms with Crippen LogP contribution in [0.1, 0.15) is 25.6 Å². The van der Waals surface area contributed by atoms with Crippen LogP contribution in [-0.2, 0) is 4.79 Å². The lowest BCUT2D eigenvalue weighted by atomic mass is 10.2. The molecule has 1 aromatic carbocycles. The summed E-state index contributed by atoms with van der Waals surface area (Å²) in [5.74, 6) is 1.18. The van der Waals surface area contributed by atoms with Gasteiger partial charge < -0.3 is 14.1 Å². The second-order valence-electron chi connectivity index (χ2n) is 4.86. The van der Waals surface area contributed by atoms with E-state index >= 15 is 0 Å². The van der Waals surface area contributed by atoms with E-state index in [1.165, 1.54) is 0 Å². The summed E-state index contributed by atoms with van der Waals surface area (Å²) in [6.07, 6.45) is 0.988. The van der Waals surface area contributed by atoms with E-state index in [0.717, 1.165) is 5.76 Å². The summed E-state index contributed by atoms with van der Waals surface area (Å²) in [7, 11) is 1.73. The maximum atomic E-state index is 12.4. The molecule has 1 amide bonds. The van der Waals surface area contributed by atoms with Crippen LogP contribution in [-0.4, -0.2) is 24.0 Å². The molecule has 2 rings (SSSR count). The normalized spacial score (nSPS) is 13.5. The van der Waals surface area contributed by atoms with Gasteiger partial charge in [-0.15, -0.1) is 0 Å². The molecule has 21 heavy (non-hydrogen) atoms. The van der Waals surface area contributed by atoms with Gasteiger partial charge in [0.25, 0.3) is 5.91 Å². The largest absolute Gasteiger partial charge is 0.481 e. The summed E-state index contributed by atoms with van der Waals surface area (Å²) in [6, 6.07) is 10.5. The van der Waals surface area contributed by atoms with E-state index in [2.05, 4.69) is 0 Å². The first-order valence-electron chi connectivity index (χ1n) is 6.71. The van der Waals surface area contributed by atoms with Crippen molar-refractivity contribution in [1.82, 2.24) is 4.90 Å². The number of likely N-dealkylation sites (N-methyl/N-ethyl adjacent to an activating group) is 1. The molecule has 112 valence electrons. The Labute approximate surface area is 129 Å². The molecule has 0 saturated carbocycles. The molecule has 0 N–H and O–H groups in total. The van der Waals surface area contributed by atoms with E-state index in [1.807, 2.05) is 13.0 Å². The van der Waals surface area contributed by atoms with Gasteiger partial charge in [0.2, 0.25) is 0 Å². The molecule has 2 aromatic rings. The predicted molar refractivity (Wildman–Crippen MR) is 81.4 cm³/mol. The van der Waals surface area contributed by atoms with Gasteiger partial charge in [0.1, 0.15) is 11.5 Å². The first-order chi connectivity index (χ1) is 9.99.